The molecule has 1 aromatic heterocycles. The van der Waals surface area contributed by atoms with Gasteiger partial charge in [-0.2, -0.15) is 0 Å². The van der Waals surface area contributed by atoms with Crippen molar-refractivity contribution in [1.29, 1.82) is 0 Å². The molecule has 0 aliphatic rings. The van der Waals surface area contributed by atoms with Gasteiger partial charge >= 0.3 is 5.97 Å². The SMILES string of the molecule is CCc1cccc2c(C(CC(=O)c3ccc(N(C)C)cc3)C(=O)O)c[nH]c12. The number of aromatic nitrogens is 1. The van der Waals surface area contributed by atoms with Crippen LogP contribution in [0, 0.1) is 0 Å². The number of carbonyl (C=O) groups excluding carboxylic acids is 1. The number of carboxylic acid groups (broad SMARTS) is 1. The number of hydrogen-bond acceptors (Lipinski definition) is 3. The van der Waals surface area contributed by atoms with E-state index in [4.69, 9.17) is 0 Å². The van der Waals surface area contributed by atoms with E-state index < -0.39 is 11.9 Å². The third-order valence-electron chi connectivity index (χ3n) is 4.98. The average molecular weight is 364 g/mol. The van der Waals surface area contributed by atoms with Crippen LogP contribution in [0.2, 0.25) is 0 Å². The first-order chi connectivity index (χ1) is 12.9. The van der Waals surface area contributed by atoms with Crippen LogP contribution in [0.1, 0.15) is 40.7 Å². The molecule has 2 aromatic carbocycles. The monoisotopic (exact) mass is 364 g/mol. The van der Waals surface area contributed by atoms with Gasteiger partial charge in [-0.25, -0.2) is 0 Å². The number of carbonyl (C=O) groups is 2. The molecule has 0 bridgehead atoms. The van der Waals surface area contributed by atoms with Crippen molar-refractivity contribution in [2.75, 3.05) is 19.0 Å². The number of H-pyrrole nitrogens is 1. The molecule has 1 unspecified atom stereocenters. The minimum absolute atomic E-state index is 0.0695. The number of aliphatic carboxylic acids is 1. The Morgan fingerprint density at radius 3 is 2.41 bits per heavy atom. The largest absolute Gasteiger partial charge is 0.481 e. The first-order valence-corrected chi connectivity index (χ1v) is 9.04. The molecule has 1 atom stereocenters. The molecular weight excluding hydrogens is 340 g/mol. The lowest BCUT2D eigenvalue weighted by atomic mass is 9.91. The van der Waals surface area contributed by atoms with Crippen LogP contribution < -0.4 is 4.90 Å². The number of hydrogen-bond donors (Lipinski definition) is 2. The second-order valence-electron chi connectivity index (χ2n) is 6.90. The Morgan fingerprint density at radius 1 is 1.11 bits per heavy atom. The lowest BCUT2D eigenvalue weighted by molar-refractivity contribution is -0.138. The summed E-state index contributed by atoms with van der Waals surface area (Å²) < 4.78 is 0. The summed E-state index contributed by atoms with van der Waals surface area (Å²) in [7, 11) is 3.86. The molecule has 0 radical (unpaired) electrons. The number of fused-ring (bicyclic) bond motifs is 1. The van der Waals surface area contributed by atoms with Crippen molar-refractivity contribution < 1.29 is 14.7 Å². The summed E-state index contributed by atoms with van der Waals surface area (Å²) in [5.74, 6) is -2.04. The van der Waals surface area contributed by atoms with Gasteiger partial charge in [-0.15, -0.1) is 0 Å². The van der Waals surface area contributed by atoms with E-state index in [1.165, 1.54) is 0 Å². The molecule has 1 heterocycles. The summed E-state index contributed by atoms with van der Waals surface area (Å²) in [4.78, 5) is 29.8. The number of nitrogens with one attached hydrogen (secondary N) is 1. The van der Waals surface area contributed by atoms with Crippen LogP contribution in [0.5, 0.6) is 0 Å². The molecule has 5 nitrogen and oxygen atoms in total. The van der Waals surface area contributed by atoms with Crippen molar-refractivity contribution in [3.05, 3.63) is 65.4 Å². The third kappa shape index (κ3) is 3.72. The first-order valence-electron chi connectivity index (χ1n) is 9.04. The molecule has 5 heteroatoms. The number of carboxylic acids is 1. The molecule has 140 valence electrons. The number of para-hydroxylation sites is 1. The highest BCUT2D eigenvalue weighted by molar-refractivity contribution is 6.01. The average Bonchev–Trinajstić information content (AvgIpc) is 3.09. The van der Waals surface area contributed by atoms with E-state index in [0.29, 0.717) is 11.1 Å². The Bertz CT molecular complexity index is 971. The van der Waals surface area contributed by atoms with E-state index >= 15 is 0 Å². The van der Waals surface area contributed by atoms with Gasteiger partial charge in [0, 0.05) is 48.9 Å². The van der Waals surface area contributed by atoms with Crippen LogP contribution in [0.3, 0.4) is 0 Å². The van der Waals surface area contributed by atoms with Gasteiger partial charge in [0.15, 0.2) is 5.78 Å². The van der Waals surface area contributed by atoms with Crippen LogP contribution in [-0.4, -0.2) is 35.9 Å². The topological polar surface area (TPSA) is 73.4 Å². The van der Waals surface area contributed by atoms with Crippen LogP contribution in [-0.2, 0) is 11.2 Å². The number of ketones is 1. The van der Waals surface area contributed by atoms with Crippen LogP contribution in [0.25, 0.3) is 10.9 Å². The highest BCUT2D eigenvalue weighted by Crippen LogP contribution is 2.31. The van der Waals surface area contributed by atoms with E-state index in [0.717, 1.165) is 28.6 Å². The van der Waals surface area contributed by atoms with Gasteiger partial charge in [0.25, 0.3) is 0 Å². The molecule has 27 heavy (non-hydrogen) atoms. The predicted molar refractivity (Wildman–Crippen MR) is 108 cm³/mol. The predicted octanol–water partition coefficient (Wildman–Crippen LogP) is 4.24. The van der Waals surface area contributed by atoms with Crippen LogP contribution in [0.15, 0.2) is 48.7 Å². The fourth-order valence-electron chi connectivity index (χ4n) is 3.40. The number of anilines is 1. The van der Waals surface area contributed by atoms with E-state index in [1.807, 2.05) is 49.3 Å². The van der Waals surface area contributed by atoms with Gasteiger partial charge < -0.3 is 15.0 Å². The maximum absolute atomic E-state index is 12.7. The summed E-state index contributed by atoms with van der Waals surface area (Å²) in [5.41, 5.74) is 4.26. The van der Waals surface area contributed by atoms with E-state index in [9.17, 15) is 14.7 Å². The van der Waals surface area contributed by atoms with Gasteiger partial charge in [-0.1, -0.05) is 25.1 Å². The van der Waals surface area contributed by atoms with E-state index in [-0.39, 0.29) is 12.2 Å². The fourth-order valence-corrected chi connectivity index (χ4v) is 3.40. The third-order valence-corrected chi connectivity index (χ3v) is 4.98. The molecule has 0 aliphatic carbocycles. The standard InChI is InChI=1S/C22H24N2O3/c1-4-14-6-5-7-17-19(13-23-21(14)17)18(22(26)27)12-20(25)15-8-10-16(11-9-15)24(2)3/h5-11,13,18,23H,4,12H2,1-3H3,(H,26,27). The minimum Gasteiger partial charge on any atom is -0.481 e. The highest BCUT2D eigenvalue weighted by Gasteiger charge is 2.26. The summed E-state index contributed by atoms with van der Waals surface area (Å²) in [6.07, 6.45) is 2.51. The molecule has 0 saturated carbocycles. The van der Waals surface area contributed by atoms with Crippen molar-refractivity contribution in [1.82, 2.24) is 4.98 Å². The molecule has 0 fully saturated rings. The zero-order chi connectivity index (χ0) is 19.6. The summed E-state index contributed by atoms with van der Waals surface area (Å²) in [6, 6.07) is 13.1. The second kappa shape index (κ2) is 7.66. The lowest BCUT2D eigenvalue weighted by Gasteiger charge is -2.14. The molecule has 0 amide bonds. The fraction of sp³-hybridized carbons (Fsp3) is 0.273. The molecule has 2 N–H and O–H groups in total. The number of Topliss-reactive ketones (excluding diaryl/α,β-unsaturated/α-hetero) is 1. The van der Waals surface area contributed by atoms with E-state index in [1.54, 1.807) is 18.3 Å². The number of aryl methyl sites for hydroxylation is 1. The Kier molecular flexibility index (Phi) is 5.31. The van der Waals surface area contributed by atoms with Gasteiger partial charge in [0.2, 0.25) is 0 Å². The summed E-state index contributed by atoms with van der Waals surface area (Å²) >= 11 is 0. The molecule has 3 rings (SSSR count). The number of aromatic amines is 1. The van der Waals surface area contributed by atoms with Gasteiger partial charge in [0.05, 0.1) is 5.92 Å². The van der Waals surface area contributed by atoms with Crippen molar-refractivity contribution in [3.63, 3.8) is 0 Å². The van der Waals surface area contributed by atoms with Gasteiger partial charge in [-0.05, 0) is 41.8 Å². The quantitative estimate of drug-likeness (QED) is 0.615. The zero-order valence-corrected chi connectivity index (χ0v) is 15.8. The zero-order valence-electron chi connectivity index (χ0n) is 15.8. The minimum atomic E-state index is -0.990. The Balaban J connectivity index is 1.91. The van der Waals surface area contributed by atoms with E-state index in [2.05, 4.69) is 11.9 Å². The van der Waals surface area contributed by atoms with Crippen LogP contribution in [0.4, 0.5) is 5.69 Å². The Hall–Kier alpha value is -3.08. The maximum atomic E-state index is 12.7. The van der Waals surface area contributed by atoms with Crippen molar-refractivity contribution >= 4 is 28.3 Å². The number of rotatable bonds is 7. The molecular formula is C22H24N2O3. The summed E-state index contributed by atoms with van der Waals surface area (Å²) in [6.45, 7) is 2.06. The smallest absolute Gasteiger partial charge is 0.311 e. The lowest BCUT2D eigenvalue weighted by Crippen LogP contribution is -2.16. The Morgan fingerprint density at radius 2 is 1.81 bits per heavy atom. The molecule has 3 aromatic rings. The molecule has 0 aliphatic heterocycles. The summed E-state index contributed by atoms with van der Waals surface area (Å²) in [5, 5.41) is 10.6. The Labute approximate surface area is 158 Å². The van der Waals surface area contributed by atoms with Gasteiger partial charge in [-0.3, -0.25) is 9.59 Å². The van der Waals surface area contributed by atoms with Crippen LogP contribution >= 0.6 is 0 Å². The number of benzene rings is 2. The van der Waals surface area contributed by atoms with Gasteiger partial charge in [0.1, 0.15) is 0 Å². The maximum Gasteiger partial charge on any atom is 0.311 e. The van der Waals surface area contributed by atoms with Crippen molar-refractivity contribution in [3.8, 4) is 0 Å². The normalized spacial score (nSPS) is 12.1. The molecule has 0 saturated heterocycles. The molecule has 0 spiro atoms. The number of nitrogens with zero attached hydrogens (tertiary/aromatic N) is 1. The second-order valence-corrected chi connectivity index (χ2v) is 6.90. The van der Waals surface area contributed by atoms with Crippen molar-refractivity contribution in [2.45, 2.75) is 25.7 Å². The van der Waals surface area contributed by atoms with Crippen molar-refractivity contribution in [2.24, 2.45) is 0 Å². The first kappa shape index (κ1) is 18.7. The highest BCUT2D eigenvalue weighted by atomic mass is 16.4.